The maximum atomic E-state index is 5.82. The van der Waals surface area contributed by atoms with Crippen molar-refractivity contribution in [3.63, 3.8) is 0 Å². The highest BCUT2D eigenvalue weighted by atomic mass is 16.5. The fraction of sp³-hybridized carbons (Fsp3) is 0.467. The van der Waals surface area contributed by atoms with Crippen LogP contribution in [0, 0.1) is 0 Å². The SMILES string of the molecule is COCC(C)NC(N)=NCCCn1cnc2ccccc21. The van der Waals surface area contributed by atoms with Crippen molar-refractivity contribution in [2.24, 2.45) is 10.7 Å². The molecular formula is C15H23N5O. The van der Waals surface area contributed by atoms with Crippen LogP contribution in [0.5, 0.6) is 0 Å². The molecule has 2 aromatic rings. The molecule has 0 fully saturated rings. The zero-order chi connectivity index (χ0) is 15.1. The number of nitrogens with two attached hydrogens (primary N) is 1. The van der Waals surface area contributed by atoms with Crippen molar-refractivity contribution in [2.45, 2.75) is 25.9 Å². The molecule has 0 aliphatic heterocycles. The second-order valence-electron chi connectivity index (χ2n) is 5.05. The molecule has 2 rings (SSSR count). The van der Waals surface area contributed by atoms with Gasteiger partial charge in [0.1, 0.15) is 0 Å². The molecule has 1 aromatic carbocycles. The van der Waals surface area contributed by atoms with Gasteiger partial charge in [-0.15, -0.1) is 0 Å². The van der Waals surface area contributed by atoms with E-state index in [-0.39, 0.29) is 6.04 Å². The van der Waals surface area contributed by atoms with Gasteiger partial charge in [-0.25, -0.2) is 4.98 Å². The molecular weight excluding hydrogens is 266 g/mol. The molecule has 3 N–H and O–H groups in total. The third kappa shape index (κ3) is 4.46. The Bertz CT molecular complexity index is 593. The molecule has 1 heterocycles. The Labute approximate surface area is 125 Å². The third-order valence-electron chi connectivity index (χ3n) is 3.18. The molecule has 0 saturated carbocycles. The summed E-state index contributed by atoms with van der Waals surface area (Å²) >= 11 is 0. The van der Waals surface area contributed by atoms with E-state index in [1.165, 1.54) is 0 Å². The van der Waals surface area contributed by atoms with Gasteiger partial charge >= 0.3 is 0 Å². The summed E-state index contributed by atoms with van der Waals surface area (Å²) in [6.07, 6.45) is 2.79. The molecule has 0 spiro atoms. The van der Waals surface area contributed by atoms with Crippen LogP contribution in [0.15, 0.2) is 35.6 Å². The van der Waals surface area contributed by atoms with Gasteiger partial charge in [0.25, 0.3) is 0 Å². The van der Waals surface area contributed by atoms with Gasteiger partial charge in [0.15, 0.2) is 5.96 Å². The Balaban J connectivity index is 1.79. The van der Waals surface area contributed by atoms with E-state index in [9.17, 15) is 0 Å². The van der Waals surface area contributed by atoms with Gasteiger partial charge in [-0.05, 0) is 25.5 Å². The zero-order valence-electron chi connectivity index (χ0n) is 12.6. The molecule has 0 radical (unpaired) electrons. The number of benzene rings is 1. The zero-order valence-corrected chi connectivity index (χ0v) is 12.6. The van der Waals surface area contributed by atoms with Gasteiger partial charge in [0, 0.05) is 26.2 Å². The lowest BCUT2D eigenvalue weighted by Crippen LogP contribution is -2.40. The molecule has 1 unspecified atom stereocenters. The molecule has 0 saturated heterocycles. The number of nitrogens with zero attached hydrogens (tertiary/aromatic N) is 3. The van der Waals surface area contributed by atoms with E-state index >= 15 is 0 Å². The van der Waals surface area contributed by atoms with E-state index in [4.69, 9.17) is 10.5 Å². The lowest BCUT2D eigenvalue weighted by Gasteiger charge is -2.13. The normalized spacial score (nSPS) is 13.5. The summed E-state index contributed by atoms with van der Waals surface area (Å²) in [6, 6.07) is 8.28. The van der Waals surface area contributed by atoms with Crippen LogP contribution >= 0.6 is 0 Å². The van der Waals surface area contributed by atoms with E-state index in [0.717, 1.165) is 24.0 Å². The van der Waals surface area contributed by atoms with E-state index in [1.54, 1.807) is 7.11 Å². The Morgan fingerprint density at radius 3 is 3.10 bits per heavy atom. The quantitative estimate of drug-likeness (QED) is 0.458. The number of aryl methyl sites for hydroxylation is 1. The minimum absolute atomic E-state index is 0.163. The topological polar surface area (TPSA) is 77.5 Å². The highest BCUT2D eigenvalue weighted by molar-refractivity contribution is 5.78. The van der Waals surface area contributed by atoms with Gasteiger partial charge in [-0.3, -0.25) is 4.99 Å². The van der Waals surface area contributed by atoms with Crippen LogP contribution in [0.3, 0.4) is 0 Å². The van der Waals surface area contributed by atoms with E-state index in [2.05, 4.69) is 25.9 Å². The number of aliphatic imine (C=N–C) groups is 1. The number of fused-ring (bicyclic) bond motifs is 1. The second-order valence-corrected chi connectivity index (χ2v) is 5.05. The fourth-order valence-corrected chi connectivity index (χ4v) is 2.22. The number of hydrogen-bond donors (Lipinski definition) is 2. The molecule has 1 aromatic heterocycles. The summed E-state index contributed by atoms with van der Waals surface area (Å²) in [5.41, 5.74) is 8.00. The largest absolute Gasteiger partial charge is 0.383 e. The minimum Gasteiger partial charge on any atom is -0.383 e. The summed E-state index contributed by atoms with van der Waals surface area (Å²) in [4.78, 5) is 8.69. The van der Waals surface area contributed by atoms with Gasteiger partial charge in [0.05, 0.1) is 24.0 Å². The average molecular weight is 289 g/mol. The number of methoxy groups -OCH3 is 1. The molecule has 0 amide bonds. The van der Waals surface area contributed by atoms with Crippen molar-refractivity contribution in [2.75, 3.05) is 20.3 Å². The summed E-state index contributed by atoms with van der Waals surface area (Å²) in [5, 5.41) is 3.09. The Morgan fingerprint density at radius 1 is 1.48 bits per heavy atom. The van der Waals surface area contributed by atoms with Crippen molar-refractivity contribution < 1.29 is 4.74 Å². The standard InChI is InChI=1S/C15H23N5O/c1-12(10-21-2)19-15(16)17-8-5-9-20-11-18-13-6-3-4-7-14(13)20/h3-4,6-7,11-12H,5,8-10H2,1-2H3,(H3,16,17,19). The number of rotatable bonds is 7. The third-order valence-corrected chi connectivity index (χ3v) is 3.18. The summed E-state index contributed by atoms with van der Waals surface area (Å²) in [5.74, 6) is 0.468. The number of para-hydroxylation sites is 2. The fourth-order valence-electron chi connectivity index (χ4n) is 2.22. The van der Waals surface area contributed by atoms with Gasteiger partial charge < -0.3 is 20.4 Å². The van der Waals surface area contributed by atoms with Crippen LogP contribution in [-0.4, -0.2) is 41.8 Å². The van der Waals surface area contributed by atoms with Crippen LogP contribution in [-0.2, 0) is 11.3 Å². The van der Waals surface area contributed by atoms with E-state index in [0.29, 0.717) is 19.1 Å². The van der Waals surface area contributed by atoms with Crippen molar-refractivity contribution in [3.8, 4) is 0 Å². The Morgan fingerprint density at radius 2 is 2.29 bits per heavy atom. The molecule has 0 aliphatic carbocycles. The van der Waals surface area contributed by atoms with Crippen LogP contribution in [0.25, 0.3) is 11.0 Å². The second kappa shape index (κ2) is 7.64. The van der Waals surface area contributed by atoms with Crippen molar-refractivity contribution in [1.82, 2.24) is 14.9 Å². The highest BCUT2D eigenvalue weighted by Crippen LogP contribution is 2.11. The summed E-state index contributed by atoms with van der Waals surface area (Å²) in [6.45, 7) is 4.18. The monoisotopic (exact) mass is 289 g/mol. The van der Waals surface area contributed by atoms with Gasteiger partial charge in [-0.2, -0.15) is 0 Å². The average Bonchev–Trinajstić information content (AvgIpc) is 2.87. The van der Waals surface area contributed by atoms with Crippen LogP contribution < -0.4 is 11.1 Å². The van der Waals surface area contributed by atoms with Crippen LogP contribution in [0.4, 0.5) is 0 Å². The molecule has 1 atom stereocenters. The smallest absolute Gasteiger partial charge is 0.188 e. The summed E-state index contributed by atoms with van der Waals surface area (Å²) in [7, 11) is 1.67. The molecule has 6 nitrogen and oxygen atoms in total. The summed E-state index contributed by atoms with van der Waals surface area (Å²) < 4.78 is 7.18. The van der Waals surface area contributed by atoms with Crippen molar-refractivity contribution >= 4 is 17.0 Å². The number of aromatic nitrogens is 2. The molecule has 0 bridgehead atoms. The van der Waals surface area contributed by atoms with Crippen LogP contribution in [0.2, 0.25) is 0 Å². The molecule has 114 valence electrons. The Hall–Kier alpha value is -2.08. The van der Waals surface area contributed by atoms with Gasteiger partial charge in [0.2, 0.25) is 0 Å². The first-order valence-electron chi connectivity index (χ1n) is 7.16. The Kier molecular flexibility index (Phi) is 5.57. The van der Waals surface area contributed by atoms with Crippen molar-refractivity contribution in [3.05, 3.63) is 30.6 Å². The van der Waals surface area contributed by atoms with Gasteiger partial charge in [-0.1, -0.05) is 12.1 Å². The number of nitrogens with one attached hydrogen (secondary N) is 1. The first-order chi connectivity index (χ1) is 10.2. The number of hydrogen-bond acceptors (Lipinski definition) is 3. The van der Waals surface area contributed by atoms with Crippen molar-refractivity contribution in [1.29, 1.82) is 0 Å². The van der Waals surface area contributed by atoms with E-state index in [1.807, 2.05) is 31.5 Å². The molecule has 6 heteroatoms. The number of guanidine groups is 1. The predicted octanol–water partition coefficient (Wildman–Crippen LogP) is 1.37. The lowest BCUT2D eigenvalue weighted by atomic mass is 10.3. The first-order valence-corrected chi connectivity index (χ1v) is 7.16. The first kappa shape index (κ1) is 15.3. The number of ether oxygens (including phenoxy) is 1. The molecule has 0 aliphatic rings. The van der Waals surface area contributed by atoms with Crippen LogP contribution in [0.1, 0.15) is 13.3 Å². The number of imidazole rings is 1. The van der Waals surface area contributed by atoms with E-state index < -0.39 is 0 Å². The lowest BCUT2D eigenvalue weighted by molar-refractivity contribution is 0.179. The maximum Gasteiger partial charge on any atom is 0.188 e. The predicted molar refractivity (Wildman–Crippen MR) is 85.3 cm³/mol. The minimum atomic E-state index is 0.163. The molecule has 21 heavy (non-hydrogen) atoms. The highest BCUT2D eigenvalue weighted by Gasteiger charge is 2.02. The maximum absolute atomic E-state index is 5.82.